The lowest BCUT2D eigenvalue weighted by Gasteiger charge is -2.50. The average Bonchev–Trinajstić information content (AvgIpc) is 3.31. The minimum absolute atomic E-state index is 0.0377. The summed E-state index contributed by atoms with van der Waals surface area (Å²) in [7, 11) is 3.51. The number of anilines is 1. The van der Waals surface area contributed by atoms with Crippen molar-refractivity contribution >= 4 is 28.5 Å². The van der Waals surface area contributed by atoms with E-state index in [9.17, 15) is 23.5 Å². The highest BCUT2D eigenvalue weighted by Crippen LogP contribution is 2.50. The molecule has 1 saturated heterocycles. The Morgan fingerprint density at radius 3 is 2.43 bits per heavy atom. The van der Waals surface area contributed by atoms with E-state index in [0.29, 0.717) is 43.9 Å². The number of aromatic nitrogens is 1. The smallest absolute Gasteiger partial charge is 0.322 e. The number of urea groups is 1. The van der Waals surface area contributed by atoms with E-state index >= 15 is 0 Å². The van der Waals surface area contributed by atoms with Gasteiger partial charge in [0.05, 0.1) is 30.8 Å². The molecule has 2 aliphatic heterocycles. The highest BCUT2D eigenvalue weighted by molar-refractivity contribution is 5.95. The molecule has 0 saturated carbocycles. The van der Waals surface area contributed by atoms with Gasteiger partial charge in [0.15, 0.2) is 0 Å². The molecule has 1 aromatic heterocycles. The fourth-order valence-corrected chi connectivity index (χ4v) is 6.65. The van der Waals surface area contributed by atoms with E-state index < -0.39 is 29.1 Å². The van der Waals surface area contributed by atoms with Crippen molar-refractivity contribution in [2.24, 2.45) is 7.05 Å². The lowest BCUT2D eigenvalue weighted by molar-refractivity contribution is 0.0534. The second-order valence-corrected chi connectivity index (χ2v) is 11.0. The van der Waals surface area contributed by atoms with Crippen LogP contribution >= 0.6 is 0 Å². The molecule has 0 radical (unpaired) electrons. The normalized spacial score (nSPS) is 17.8. The second kappa shape index (κ2) is 10.8. The summed E-state index contributed by atoms with van der Waals surface area (Å²) in [5.41, 5.74) is 2.70. The predicted octanol–water partition coefficient (Wildman–Crippen LogP) is 5.22. The van der Waals surface area contributed by atoms with Gasteiger partial charge in [0.2, 0.25) is 0 Å². The van der Waals surface area contributed by atoms with Crippen molar-refractivity contribution < 1.29 is 28.2 Å². The van der Waals surface area contributed by atoms with E-state index in [1.54, 1.807) is 29.0 Å². The molecule has 4 aromatic rings. The van der Waals surface area contributed by atoms with Crippen molar-refractivity contribution in [2.75, 3.05) is 38.7 Å². The Labute approximate surface area is 242 Å². The number of carbonyl (C=O) groups excluding carboxylic acids is 2. The molecule has 1 atom stereocenters. The van der Waals surface area contributed by atoms with Gasteiger partial charge < -0.3 is 29.5 Å². The number of hydrogen-bond acceptors (Lipinski definition) is 4. The van der Waals surface area contributed by atoms with E-state index in [2.05, 4.69) is 5.32 Å². The number of aryl methyl sites for hydroxylation is 1. The number of benzene rings is 3. The molecular formula is C32H32F2N4O4. The van der Waals surface area contributed by atoms with Crippen molar-refractivity contribution in [1.82, 2.24) is 14.4 Å². The summed E-state index contributed by atoms with van der Waals surface area (Å²) in [5, 5.41) is 14.5. The van der Waals surface area contributed by atoms with Crippen molar-refractivity contribution in [1.29, 1.82) is 0 Å². The van der Waals surface area contributed by atoms with Gasteiger partial charge in [-0.3, -0.25) is 4.79 Å². The van der Waals surface area contributed by atoms with E-state index in [1.807, 2.05) is 29.8 Å². The first-order chi connectivity index (χ1) is 20.3. The van der Waals surface area contributed by atoms with Crippen LogP contribution in [-0.4, -0.2) is 64.8 Å². The predicted molar refractivity (Wildman–Crippen MR) is 155 cm³/mol. The molecule has 3 aromatic carbocycles. The Morgan fingerprint density at radius 2 is 1.76 bits per heavy atom. The summed E-state index contributed by atoms with van der Waals surface area (Å²) in [6, 6.07) is 16.3. The van der Waals surface area contributed by atoms with Crippen LogP contribution in [0.4, 0.5) is 19.3 Å². The molecule has 0 bridgehead atoms. The molecule has 0 unspecified atom stereocenters. The number of methoxy groups -OCH3 is 1. The summed E-state index contributed by atoms with van der Waals surface area (Å²) >= 11 is 0. The highest BCUT2D eigenvalue weighted by Gasteiger charge is 2.50. The van der Waals surface area contributed by atoms with E-state index in [0.717, 1.165) is 22.2 Å². The molecule has 218 valence electrons. The average molecular weight is 575 g/mol. The van der Waals surface area contributed by atoms with Crippen LogP contribution < -0.4 is 10.1 Å². The van der Waals surface area contributed by atoms with Gasteiger partial charge in [0.25, 0.3) is 5.91 Å². The number of piperidine rings is 1. The Hall–Kier alpha value is -4.44. The Balaban J connectivity index is 1.41. The van der Waals surface area contributed by atoms with Crippen molar-refractivity contribution in [3.63, 3.8) is 0 Å². The summed E-state index contributed by atoms with van der Waals surface area (Å²) in [6.07, 6.45) is 1.06. The van der Waals surface area contributed by atoms with Gasteiger partial charge in [0, 0.05) is 54.9 Å². The molecule has 3 amide bonds. The maximum atomic E-state index is 14.4. The zero-order chi connectivity index (χ0) is 29.6. The zero-order valence-electron chi connectivity index (χ0n) is 23.4. The number of hydrogen-bond donors (Lipinski definition) is 2. The van der Waals surface area contributed by atoms with Crippen LogP contribution in [0.25, 0.3) is 10.9 Å². The maximum absolute atomic E-state index is 14.4. The Morgan fingerprint density at radius 1 is 1.05 bits per heavy atom. The van der Waals surface area contributed by atoms with E-state index in [4.69, 9.17) is 4.74 Å². The van der Waals surface area contributed by atoms with Crippen molar-refractivity contribution in [2.45, 2.75) is 24.3 Å². The molecule has 3 heterocycles. The molecule has 1 spiro atoms. The molecular weight excluding hydrogens is 542 g/mol. The molecule has 1 fully saturated rings. The maximum Gasteiger partial charge on any atom is 0.322 e. The van der Waals surface area contributed by atoms with Crippen LogP contribution in [0.2, 0.25) is 0 Å². The van der Waals surface area contributed by atoms with Crippen LogP contribution in [0.1, 0.15) is 40.5 Å². The first kappa shape index (κ1) is 27.7. The van der Waals surface area contributed by atoms with Crippen molar-refractivity contribution in [3.05, 3.63) is 95.2 Å². The standard InChI is InChI=1S/C32H32F2N4O4/c1-36-26-17-22(42-2)11-12-24(26)28-29(36)27(18-39)38(31(41)35-21-9-7-20(33)8-10-21)19-32(28)13-15-37(16-14-32)30(40)23-5-3-4-6-25(23)34/h3-12,17,27,39H,13-16,18-19H2,1-2H3,(H,35,41)/t27-/m0/s1. The fraction of sp³-hybridized carbons (Fsp3) is 0.312. The number of fused-ring (bicyclic) bond motifs is 4. The van der Waals surface area contributed by atoms with Crippen LogP contribution in [0.3, 0.4) is 0 Å². The molecule has 42 heavy (non-hydrogen) atoms. The quantitative estimate of drug-likeness (QED) is 0.350. The van der Waals surface area contributed by atoms with Gasteiger partial charge in [-0.2, -0.15) is 0 Å². The van der Waals surface area contributed by atoms with Gasteiger partial charge >= 0.3 is 6.03 Å². The van der Waals surface area contributed by atoms with Crippen LogP contribution in [0.5, 0.6) is 5.75 Å². The summed E-state index contributed by atoms with van der Waals surface area (Å²) in [4.78, 5) is 30.3. The summed E-state index contributed by atoms with van der Waals surface area (Å²) < 4.78 is 35.4. The largest absolute Gasteiger partial charge is 0.497 e. The Bertz CT molecular complexity index is 1660. The zero-order valence-corrected chi connectivity index (χ0v) is 23.4. The third kappa shape index (κ3) is 4.56. The number of rotatable bonds is 4. The number of aliphatic hydroxyl groups excluding tert-OH is 1. The summed E-state index contributed by atoms with van der Waals surface area (Å²) in [5.74, 6) is -0.641. The molecule has 2 aliphatic rings. The number of aliphatic hydroxyl groups is 1. The summed E-state index contributed by atoms with van der Waals surface area (Å²) in [6.45, 7) is 0.733. The minimum Gasteiger partial charge on any atom is -0.497 e. The molecule has 0 aliphatic carbocycles. The lowest BCUT2D eigenvalue weighted by Crippen LogP contribution is -2.56. The third-order valence-corrected chi connectivity index (χ3v) is 8.79. The SMILES string of the molecule is COc1ccc2c3c(n(C)c2c1)[C@H](CO)N(C(=O)Nc1ccc(F)cc1)CC31CCN(C(=O)c2ccccc2F)CC1. The fourth-order valence-electron chi connectivity index (χ4n) is 6.65. The van der Waals surface area contributed by atoms with Gasteiger partial charge in [0.1, 0.15) is 17.4 Å². The van der Waals surface area contributed by atoms with Gasteiger partial charge in [-0.1, -0.05) is 12.1 Å². The number of nitrogens with zero attached hydrogens (tertiary/aromatic N) is 3. The van der Waals surface area contributed by atoms with E-state index in [1.165, 1.54) is 36.4 Å². The lowest BCUT2D eigenvalue weighted by atomic mass is 9.68. The number of amides is 3. The molecule has 8 nitrogen and oxygen atoms in total. The number of carbonyl (C=O) groups is 2. The third-order valence-electron chi connectivity index (χ3n) is 8.79. The number of ether oxygens (including phenoxy) is 1. The van der Waals surface area contributed by atoms with Crippen LogP contribution in [0, 0.1) is 11.6 Å². The van der Waals surface area contributed by atoms with E-state index in [-0.39, 0.29) is 18.1 Å². The first-order valence-electron chi connectivity index (χ1n) is 13.9. The number of nitrogens with one attached hydrogen (secondary N) is 1. The monoisotopic (exact) mass is 574 g/mol. The first-order valence-corrected chi connectivity index (χ1v) is 13.9. The van der Waals surface area contributed by atoms with Crippen molar-refractivity contribution in [3.8, 4) is 5.75 Å². The van der Waals surface area contributed by atoms with Gasteiger partial charge in [-0.15, -0.1) is 0 Å². The topological polar surface area (TPSA) is 87.0 Å². The molecule has 10 heteroatoms. The number of likely N-dealkylation sites (tertiary alicyclic amines) is 1. The highest BCUT2D eigenvalue weighted by atomic mass is 19.1. The number of halogens is 2. The van der Waals surface area contributed by atoms with Crippen LogP contribution in [-0.2, 0) is 12.5 Å². The van der Waals surface area contributed by atoms with Gasteiger partial charge in [-0.05, 0) is 66.9 Å². The Kier molecular flexibility index (Phi) is 7.10. The molecule has 2 N–H and O–H groups in total. The van der Waals surface area contributed by atoms with Gasteiger partial charge in [-0.25, -0.2) is 13.6 Å². The molecule has 6 rings (SSSR count). The minimum atomic E-state index is -0.646. The van der Waals surface area contributed by atoms with Crippen LogP contribution in [0.15, 0.2) is 66.7 Å². The second-order valence-electron chi connectivity index (χ2n) is 11.0.